The lowest BCUT2D eigenvalue weighted by molar-refractivity contribution is -0.384. The van der Waals surface area contributed by atoms with Gasteiger partial charge in [-0.05, 0) is 32.0 Å². The van der Waals surface area contributed by atoms with E-state index < -0.39 is 10.8 Å². The van der Waals surface area contributed by atoms with Crippen LogP contribution in [-0.4, -0.2) is 20.6 Å². The van der Waals surface area contributed by atoms with Crippen LogP contribution in [0.25, 0.3) is 0 Å². The first kappa shape index (κ1) is 20.6. The summed E-state index contributed by atoms with van der Waals surface area (Å²) in [5, 5.41) is 18.8. The molecule has 0 aliphatic rings. The summed E-state index contributed by atoms with van der Waals surface area (Å²) in [4.78, 5) is 23.3. The smallest absolute Gasteiger partial charge is 0.275 e. The van der Waals surface area contributed by atoms with E-state index in [9.17, 15) is 14.9 Å². The van der Waals surface area contributed by atoms with Crippen LogP contribution in [0.4, 0.5) is 11.4 Å². The minimum atomic E-state index is -0.577. The van der Waals surface area contributed by atoms with E-state index in [1.165, 1.54) is 30.5 Å². The van der Waals surface area contributed by atoms with Crippen LogP contribution in [0.2, 0.25) is 10.0 Å². The number of halogens is 2. The fraction of sp³-hybridized carbons (Fsp3) is 0.158. The molecule has 0 radical (unpaired) electrons. The van der Waals surface area contributed by atoms with Gasteiger partial charge in [-0.15, -0.1) is 0 Å². The Morgan fingerprint density at radius 2 is 2.03 bits per heavy atom. The van der Waals surface area contributed by atoms with E-state index in [2.05, 4.69) is 10.4 Å². The van der Waals surface area contributed by atoms with Gasteiger partial charge in [0, 0.05) is 29.4 Å². The molecule has 0 aliphatic heterocycles. The number of nitrogens with one attached hydrogen (secondary N) is 1. The molecule has 3 rings (SSSR count). The van der Waals surface area contributed by atoms with Crippen molar-refractivity contribution in [1.82, 2.24) is 9.78 Å². The lowest BCUT2D eigenvalue weighted by Crippen LogP contribution is -2.13. The fourth-order valence-electron chi connectivity index (χ4n) is 2.69. The molecule has 0 aliphatic carbocycles. The first-order valence-electron chi connectivity index (χ1n) is 8.54. The summed E-state index contributed by atoms with van der Waals surface area (Å²) >= 11 is 12.0. The third-order valence-electron chi connectivity index (χ3n) is 4.13. The van der Waals surface area contributed by atoms with Gasteiger partial charge in [-0.2, -0.15) is 5.10 Å². The second-order valence-electron chi connectivity index (χ2n) is 6.06. The molecular weight excluding hydrogens is 419 g/mol. The Morgan fingerprint density at radius 1 is 1.28 bits per heavy atom. The molecule has 3 aromatic rings. The van der Waals surface area contributed by atoms with Crippen LogP contribution in [0.3, 0.4) is 0 Å². The quantitative estimate of drug-likeness (QED) is 0.409. The van der Waals surface area contributed by atoms with Gasteiger partial charge < -0.3 is 10.1 Å². The summed E-state index contributed by atoms with van der Waals surface area (Å²) in [6.07, 6.45) is 1.45. The molecule has 1 amide bonds. The average molecular weight is 435 g/mol. The highest BCUT2D eigenvalue weighted by atomic mass is 35.5. The Bertz CT molecular complexity index is 1100. The molecule has 1 aromatic heterocycles. The molecule has 1 N–H and O–H groups in total. The minimum absolute atomic E-state index is 0.139. The summed E-state index contributed by atoms with van der Waals surface area (Å²) in [5.41, 5.74) is 1.03. The van der Waals surface area contributed by atoms with Gasteiger partial charge in [0.15, 0.2) is 0 Å². The molecule has 150 valence electrons. The number of aryl methyl sites for hydroxylation is 1. The highest BCUT2D eigenvalue weighted by molar-refractivity contribution is 6.35. The van der Waals surface area contributed by atoms with Crippen molar-refractivity contribution in [2.45, 2.75) is 20.4 Å². The average Bonchev–Trinajstić information content (AvgIpc) is 3.04. The SMILES string of the molecule is CCn1ncc(C(=O)Nc2cc(Oc3ccc(Cl)cc3Cl)cc([N+](=O)[O-])c2)c1C. The topological polar surface area (TPSA) is 99.3 Å². The van der Waals surface area contributed by atoms with Gasteiger partial charge in [0.2, 0.25) is 0 Å². The van der Waals surface area contributed by atoms with Crippen molar-refractivity contribution in [2.75, 3.05) is 5.32 Å². The largest absolute Gasteiger partial charge is 0.455 e. The van der Waals surface area contributed by atoms with Crippen LogP contribution in [-0.2, 0) is 6.54 Å². The number of benzene rings is 2. The molecule has 8 nitrogen and oxygen atoms in total. The molecule has 2 aromatic carbocycles. The molecule has 0 fully saturated rings. The predicted molar refractivity (Wildman–Crippen MR) is 110 cm³/mol. The lowest BCUT2D eigenvalue weighted by Gasteiger charge is -2.11. The number of hydrogen-bond donors (Lipinski definition) is 1. The standard InChI is InChI=1S/C19H16Cl2N4O4/c1-3-24-11(2)16(10-22-24)19(26)23-13-7-14(25(27)28)9-15(8-13)29-18-5-4-12(20)6-17(18)21/h4-10H,3H2,1-2H3,(H,23,26). The third kappa shape index (κ3) is 4.67. The first-order chi connectivity index (χ1) is 13.8. The predicted octanol–water partition coefficient (Wildman–Crippen LogP) is 5.47. The number of rotatable bonds is 6. The van der Waals surface area contributed by atoms with Crippen molar-refractivity contribution in [1.29, 1.82) is 0 Å². The van der Waals surface area contributed by atoms with Crippen LogP contribution < -0.4 is 10.1 Å². The van der Waals surface area contributed by atoms with E-state index >= 15 is 0 Å². The molecule has 0 bridgehead atoms. The van der Waals surface area contributed by atoms with Gasteiger partial charge in [-0.3, -0.25) is 19.6 Å². The van der Waals surface area contributed by atoms with E-state index in [-0.39, 0.29) is 27.9 Å². The molecular formula is C19H16Cl2N4O4. The van der Waals surface area contributed by atoms with Crippen molar-refractivity contribution in [3.8, 4) is 11.5 Å². The number of hydrogen-bond acceptors (Lipinski definition) is 5. The Morgan fingerprint density at radius 3 is 2.66 bits per heavy atom. The summed E-state index contributed by atoms with van der Waals surface area (Å²) in [7, 11) is 0. The number of amides is 1. The van der Waals surface area contributed by atoms with E-state index in [0.29, 0.717) is 22.8 Å². The molecule has 0 unspecified atom stereocenters. The van der Waals surface area contributed by atoms with Crippen molar-refractivity contribution in [3.63, 3.8) is 0 Å². The Hall–Kier alpha value is -3.10. The van der Waals surface area contributed by atoms with Gasteiger partial charge >= 0.3 is 0 Å². The minimum Gasteiger partial charge on any atom is -0.455 e. The van der Waals surface area contributed by atoms with E-state index in [1.54, 1.807) is 23.7 Å². The second kappa shape index (κ2) is 8.50. The fourth-order valence-corrected chi connectivity index (χ4v) is 3.14. The van der Waals surface area contributed by atoms with Gasteiger partial charge in [-0.25, -0.2) is 0 Å². The summed E-state index contributed by atoms with van der Waals surface area (Å²) in [6, 6.07) is 8.57. The van der Waals surface area contributed by atoms with Crippen molar-refractivity contribution in [2.24, 2.45) is 0 Å². The van der Waals surface area contributed by atoms with Crippen LogP contribution in [0, 0.1) is 17.0 Å². The van der Waals surface area contributed by atoms with Crippen molar-refractivity contribution < 1.29 is 14.5 Å². The Labute approximate surface area is 176 Å². The number of nitro benzene ring substituents is 1. The molecule has 0 saturated carbocycles. The summed E-state index contributed by atoms with van der Waals surface area (Å²) < 4.78 is 7.35. The number of ether oxygens (including phenoxy) is 1. The Balaban J connectivity index is 1.91. The van der Waals surface area contributed by atoms with Crippen LogP contribution in [0.5, 0.6) is 11.5 Å². The zero-order valence-corrected chi connectivity index (χ0v) is 17.0. The number of carbonyl (C=O) groups excluding carboxylic acids is 1. The van der Waals surface area contributed by atoms with Crippen LogP contribution in [0.15, 0.2) is 42.6 Å². The van der Waals surface area contributed by atoms with E-state index in [0.717, 1.165) is 0 Å². The maximum Gasteiger partial charge on any atom is 0.275 e. The number of anilines is 1. The zero-order chi connectivity index (χ0) is 21.1. The lowest BCUT2D eigenvalue weighted by atomic mass is 10.2. The van der Waals surface area contributed by atoms with Crippen molar-refractivity contribution in [3.05, 3.63) is 74.0 Å². The van der Waals surface area contributed by atoms with E-state index in [4.69, 9.17) is 27.9 Å². The highest BCUT2D eigenvalue weighted by Gasteiger charge is 2.17. The third-order valence-corrected chi connectivity index (χ3v) is 4.66. The number of carbonyl (C=O) groups is 1. The zero-order valence-electron chi connectivity index (χ0n) is 15.5. The van der Waals surface area contributed by atoms with Gasteiger partial charge in [0.1, 0.15) is 11.5 Å². The molecule has 10 heteroatoms. The van der Waals surface area contributed by atoms with Gasteiger partial charge in [-0.1, -0.05) is 23.2 Å². The summed E-state index contributed by atoms with van der Waals surface area (Å²) in [6.45, 7) is 4.31. The Kier molecular flexibility index (Phi) is 6.05. The monoisotopic (exact) mass is 434 g/mol. The van der Waals surface area contributed by atoms with Crippen LogP contribution in [0.1, 0.15) is 23.0 Å². The number of nitrogens with zero attached hydrogens (tertiary/aromatic N) is 3. The second-order valence-corrected chi connectivity index (χ2v) is 6.91. The normalized spacial score (nSPS) is 10.6. The maximum atomic E-state index is 12.6. The maximum absolute atomic E-state index is 12.6. The molecule has 1 heterocycles. The molecule has 29 heavy (non-hydrogen) atoms. The van der Waals surface area contributed by atoms with Crippen molar-refractivity contribution >= 4 is 40.5 Å². The molecule has 0 spiro atoms. The number of nitro groups is 1. The molecule has 0 saturated heterocycles. The van der Waals surface area contributed by atoms with Gasteiger partial charge in [0.05, 0.1) is 33.5 Å². The first-order valence-corrected chi connectivity index (χ1v) is 9.30. The number of non-ortho nitro benzene ring substituents is 1. The number of aromatic nitrogens is 2. The van der Waals surface area contributed by atoms with Gasteiger partial charge in [0.25, 0.3) is 11.6 Å². The highest BCUT2D eigenvalue weighted by Crippen LogP contribution is 2.34. The van der Waals surface area contributed by atoms with Crippen LogP contribution >= 0.6 is 23.2 Å². The molecule has 0 atom stereocenters. The summed E-state index contributed by atoms with van der Waals surface area (Å²) in [5.74, 6) is -0.0215. The van der Waals surface area contributed by atoms with E-state index in [1.807, 2.05) is 6.92 Å².